The minimum Gasteiger partial charge on any atom is -0.478 e. The molecule has 0 aromatic heterocycles. The van der Waals surface area contributed by atoms with E-state index in [0.717, 1.165) is 12.2 Å². The molecule has 0 unspecified atom stereocenters. The van der Waals surface area contributed by atoms with Crippen LogP contribution >= 0.6 is 0 Å². The van der Waals surface area contributed by atoms with Crippen LogP contribution in [0.3, 0.4) is 0 Å². The lowest BCUT2D eigenvalue weighted by Crippen LogP contribution is -1.98. The molecule has 0 aliphatic rings. The van der Waals surface area contributed by atoms with E-state index in [2.05, 4.69) is 0 Å². The molecule has 0 aliphatic heterocycles. The van der Waals surface area contributed by atoms with Crippen molar-refractivity contribution in [2.75, 3.05) is 0 Å². The van der Waals surface area contributed by atoms with E-state index in [-0.39, 0.29) is 16.8 Å². The van der Waals surface area contributed by atoms with Crippen molar-refractivity contribution in [3.05, 3.63) is 45.0 Å². The molecule has 0 bridgehead atoms. The molecule has 0 saturated carbocycles. The first-order valence-electron chi connectivity index (χ1n) is 4.56. The van der Waals surface area contributed by atoms with Crippen LogP contribution in [0.5, 0.6) is 0 Å². The average Bonchev–Trinajstić information content (AvgIpc) is 2.26. The Morgan fingerprint density at radius 1 is 1.59 bits per heavy atom. The Balaban J connectivity index is 3.51. The van der Waals surface area contributed by atoms with Crippen molar-refractivity contribution in [1.29, 1.82) is 5.26 Å². The van der Waals surface area contributed by atoms with Gasteiger partial charge >= 0.3 is 5.97 Å². The molecule has 0 spiro atoms. The van der Waals surface area contributed by atoms with Gasteiger partial charge in [0.15, 0.2) is 0 Å². The van der Waals surface area contributed by atoms with Gasteiger partial charge in [-0.25, -0.2) is 4.79 Å². The SMILES string of the molecule is Cc1ccc(C#N)c([N+](=O)[O-])c1/C=C/C(=O)O. The molecule has 0 heterocycles. The Morgan fingerprint density at radius 3 is 2.71 bits per heavy atom. The monoisotopic (exact) mass is 232 g/mol. The number of nitrogens with zero attached hydrogens (tertiary/aromatic N) is 2. The van der Waals surface area contributed by atoms with Crippen LogP contribution in [0.2, 0.25) is 0 Å². The highest BCUT2D eigenvalue weighted by atomic mass is 16.6. The minimum absolute atomic E-state index is 0.0920. The number of benzene rings is 1. The highest BCUT2D eigenvalue weighted by Crippen LogP contribution is 2.27. The Hall–Kier alpha value is -2.68. The topological polar surface area (TPSA) is 104 Å². The van der Waals surface area contributed by atoms with Gasteiger partial charge < -0.3 is 5.11 Å². The molecule has 1 N–H and O–H groups in total. The van der Waals surface area contributed by atoms with Gasteiger partial charge in [-0.05, 0) is 24.6 Å². The van der Waals surface area contributed by atoms with Gasteiger partial charge in [-0.15, -0.1) is 0 Å². The zero-order chi connectivity index (χ0) is 13.0. The fourth-order valence-electron chi connectivity index (χ4n) is 1.36. The lowest BCUT2D eigenvalue weighted by molar-refractivity contribution is -0.385. The average molecular weight is 232 g/mol. The Kier molecular flexibility index (Phi) is 3.57. The number of aliphatic carboxylic acids is 1. The van der Waals surface area contributed by atoms with Crippen LogP contribution in [-0.4, -0.2) is 16.0 Å². The summed E-state index contributed by atoms with van der Waals surface area (Å²) in [6.45, 7) is 1.61. The molecule has 0 atom stereocenters. The first-order chi connectivity index (χ1) is 7.97. The van der Waals surface area contributed by atoms with Crippen LogP contribution < -0.4 is 0 Å². The van der Waals surface area contributed by atoms with E-state index in [1.807, 2.05) is 0 Å². The molecule has 1 aromatic rings. The molecule has 0 amide bonds. The smallest absolute Gasteiger partial charge is 0.328 e. The maximum absolute atomic E-state index is 10.9. The zero-order valence-corrected chi connectivity index (χ0v) is 8.88. The number of nitriles is 1. The minimum atomic E-state index is -1.21. The number of hydrogen-bond donors (Lipinski definition) is 1. The van der Waals surface area contributed by atoms with E-state index in [1.54, 1.807) is 13.0 Å². The lowest BCUT2D eigenvalue weighted by Gasteiger charge is -2.03. The number of hydrogen-bond acceptors (Lipinski definition) is 4. The maximum Gasteiger partial charge on any atom is 0.328 e. The molecule has 0 fully saturated rings. The van der Waals surface area contributed by atoms with Gasteiger partial charge in [0.25, 0.3) is 5.69 Å². The summed E-state index contributed by atoms with van der Waals surface area (Å²) in [4.78, 5) is 20.6. The third-order valence-electron chi connectivity index (χ3n) is 2.13. The van der Waals surface area contributed by atoms with Gasteiger partial charge in [0.1, 0.15) is 11.6 Å². The molecule has 6 nitrogen and oxygen atoms in total. The molecular formula is C11H8N2O4. The van der Waals surface area contributed by atoms with Crippen LogP contribution in [0.1, 0.15) is 16.7 Å². The molecule has 0 saturated heterocycles. The molecule has 0 radical (unpaired) electrons. The Morgan fingerprint density at radius 2 is 2.24 bits per heavy atom. The van der Waals surface area contributed by atoms with Crippen molar-refractivity contribution in [2.24, 2.45) is 0 Å². The number of nitro groups is 1. The molecule has 0 aliphatic carbocycles. The third kappa shape index (κ3) is 2.66. The predicted octanol–water partition coefficient (Wildman–Crippen LogP) is 1.87. The van der Waals surface area contributed by atoms with Gasteiger partial charge in [0.05, 0.1) is 10.5 Å². The van der Waals surface area contributed by atoms with Crippen LogP contribution in [0.25, 0.3) is 6.08 Å². The summed E-state index contributed by atoms with van der Waals surface area (Å²) in [5.74, 6) is -1.21. The summed E-state index contributed by atoms with van der Waals surface area (Å²) in [6, 6.07) is 4.58. The Labute approximate surface area is 96.6 Å². The van der Waals surface area contributed by atoms with Crippen LogP contribution in [0.15, 0.2) is 18.2 Å². The summed E-state index contributed by atoms with van der Waals surface area (Å²) in [5.41, 5.74) is 0.209. The largest absolute Gasteiger partial charge is 0.478 e. The zero-order valence-electron chi connectivity index (χ0n) is 8.88. The van der Waals surface area contributed by atoms with Crippen molar-refractivity contribution in [1.82, 2.24) is 0 Å². The standard InChI is InChI=1S/C11H8N2O4/c1-7-2-3-8(6-12)11(13(16)17)9(7)4-5-10(14)15/h2-5H,1H3,(H,14,15)/b5-4+. The molecule has 17 heavy (non-hydrogen) atoms. The number of carbonyl (C=O) groups is 1. The van der Waals surface area contributed by atoms with E-state index < -0.39 is 10.9 Å². The highest BCUT2D eigenvalue weighted by Gasteiger charge is 2.19. The van der Waals surface area contributed by atoms with Crippen molar-refractivity contribution in [3.63, 3.8) is 0 Å². The van der Waals surface area contributed by atoms with Gasteiger partial charge in [0.2, 0.25) is 0 Å². The number of rotatable bonds is 3. The molecule has 6 heteroatoms. The second-order valence-corrected chi connectivity index (χ2v) is 3.23. The van der Waals surface area contributed by atoms with E-state index in [4.69, 9.17) is 10.4 Å². The number of carboxylic acid groups (broad SMARTS) is 1. The van der Waals surface area contributed by atoms with Crippen LogP contribution in [0, 0.1) is 28.4 Å². The summed E-state index contributed by atoms with van der Waals surface area (Å²) < 4.78 is 0. The molecular weight excluding hydrogens is 224 g/mol. The van der Waals surface area contributed by atoms with Gasteiger partial charge in [-0.2, -0.15) is 5.26 Å². The molecule has 86 valence electrons. The number of carboxylic acids is 1. The first-order valence-corrected chi connectivity index (χ1v) is 4.56. The van der Waals surface area contributed by atoms with Crippen molar-refractivity contribution >= 4 is 17.7 Å². The van der Waals surface area contributed by atoms with E-state index in [0.29, 0.717) is 5.56 Å². The van der Waals surface area contributed by atoms with Gasteiger partial charge in [-0.1, -0.05) is 6.07 Å². The quantitative estimate of drug-likeness (QED) is 0.486. The fraction of sp³-hybridized carbons (Fsp3) is 0.0909. The van der Waals surface area contributed by atoms with Gasteiger partial charge in [-0.3, -0.25) is 10.1 Å². The normalized spacial score (nSPS) is 10.1. The first kappa shape index (κ1) is 12.4. The van der Waals surface area contributed by atoms with E-state index >= 15 is 0 Å². The predicted molar refractivity (Wildman–Crippen MR) is 59.2 cm³/mol. The van der Waals surface area contributed by atoms with Crippen LogP contribution in [0.4, 0.5) is 5.69 Å². The fourth-order valence-corrected chi connectivity index (χ4v) is 1.36. The van der Waals surface area contributed by atoms with Crippen molar-refractivity contribution in [2.45, 2.75) is 6.92 Å². The summed E-state index contributed by atoms with van der Waals surface area (Å²) in [7, 11) is 0. The third-order valence-corrected chi connectivity index (χ3v) is 2.13. The summed E-state index contributed by atoms with van der Waals surface area (Å²) >= 11 is 0. The summed E-state index contributed by atoms with van der Waals surface area (Å²) in [5, 5.41) is 28.1. The van der Waals surface area contributed by atoms with Crippen molar-refractivity contribution < 1.29 is 14.8 Å². The Bertz CT molecular complexity index is 555. The molecule has 1 aromatic carbocycles. The number of nitro benzene ring substituents is 1. The van der Waals surface area contributed by atoms with Gasteiger partial charge in [0, 0.05) is 6.08 Å². The molecule has 1 rings (SSSR count). The second-order valence-electron chi connectivity index (χ2n) is 3.23. The second kappa shape index (κ2) is 4.90. The highest BCUT2D eigenvalue weighted by molar-refractivity contribution is 5.87. The van der Waals surface area contributed by atoms with Crippen LogP contribution in [-0.2, 0) is 4.79 Å². The lowest BCUT2D eigenvalue weighted by atomic mass is 10.0. The maximum atomic E-state index is 10.9. The van der Waals surface area contributed by atoms with Crippen molar-refractivity contribution in [3.8, 4) is 6.07 Å². The summed E-state index contributed by atoms with van der Waals surface area (Å²) in [6.07, 6.45) is 1.92. The van der Waals surface area contributed by atoms with E-state index in [9.17, 15) is 14.9 Å². The van der Waals surface area contributed by atoms with E-state index in [1.165, 1.54) is 12.1 Å². The number of aryl methyl sites for hydroxylation is 1.